The molecule has 2 fully saturated rings. The van der Waals surface area contributed by atoms with Crippen LogP contribution in [0.5, 0.6) is 0 Å². The zero-order valence-electron chi connectivity index (χ0n) is 7.82. The molecule has 0 radical (unpaired) electrons. The predicted molar refractivity (Wildman–Crippen MR) is 45.7 cm³/mol. The third-order valence-corrected chi connectivity index (χ3v) is 2.66. The minimum absolute atomic E-state index is 0.202. The van der Waals surface area contributed by atoms with Crippen LogP contribution in [0.2, 0.25) is 0 Å². The fraction of sp³-hybridized carbons (Fsp3) is 0.889. The molecule has 2 aliphatic heterocycles. The minimum atomic E-state index is -0.368. The van der Waals surface area contributed by atoms with Crippen LogP contribution >= 0.6 is 0 Å². The number of nitrogens with zero attached hydrogens (tertiary/aromatic N) is 2. The molecule has 0 aromatic rings. The molecule has 4 nitrogen and oxygen atoms in total. The van der Waals surface area contributed by atoms with Gasteiger partial charge in [0, 0.05) is 25.9 Å². The van der Waals surface area contributed by atoms with Crippen LogP contribution in [0.4, 0.5) is 0 Å². The molecule has 2 aliphatic rings. The molecule has 0 saturated carbocycles. The summed E-state index contributed by atoms with van der Waals surface area (Å²) in [5, 5.41) is 8.67. The average molecular weight is 182 g/mol. The zero-order chi connectivity index (χ0) is 9.31. The van der Waals surface area contributed by atoms with Crippen molar-refractivity contribution in [2.45, 2.75) is 31.7 Å². The lowest BCUT2D eigenvalue weighted by Gasteiger charge is -2.35. The molecule has 1 spiro atoms. The Morgan fingerprint density at radius 3 is 2.62 bits per heavy atom. The summed E-state index contributed by atoms with van der Waals surface area (Å²) in [4.78, 5) is 1.75. The van der Waals surface area contributed by atoms with Crippen molar-refractivity contribution in [3.63, 3.8) is 0 Å². The van der Waals surface area contributed by atoms with E-state index in [1.54, 1.807) is 4.90 Å². The number of likely N-dealkylation sites (tertiary alicyclic amines) is 1. The van der Waals surface area contributed by atoms with Gasteiger partial charge in [0.15, 0.2) is 12.0 Å². The molecule has 2 heterocycles. The van der Waals surface area contributed by atoms with Gasteiger partial charge in [0.25, 0.3) is 0 Å². The van der Waals surface area contributed by atoms with Crippen LogP contribution in [0, 0.1) is 11.5 Å². The number of ether oxygens (including phenoxy) is 2. The zero-order valence-corrected chi connectivity index (χ0v) is 7.82. The van der Waals surface area contributed by atoms with E-state index in [-0.39, 0.29) is 11.9 Å². The molecular formula is C9H14N2O2. The lowest BCUT2D eigenvalue weighted by Crippen LogP contribution is -2.43. The first-order valence-electron chi connectivity index (χ1n) is 4.71. The third-order valence-electron chi connectivity index (χ3n) is 2.66. The Labute approximate surface area is 78.0 Å². The van der Waals surface area contributed by atoms with Crippen molar-refractivity contribution in [1.82, 2.24) is 4.90 Å². The summed E-state index contributed by atoms with van der Waals surface area (Å²) in [5.41, 5.74) is 0. The monoisotopic (exact) mass is 182 g/mol. The number of nitriles is 1. The van der Waals surface area contributed by atoms with Gasteiger partial charge in [0.2, 0.25) is 0 Å². The number of hydrogen-bond donors (Lipinski definition) is 0. The molecule has 0 bridgehead atoms. The average Bonchev–Trinajstić information content (AvgIpc) is 2.49. The Bertz CT molecular complexity index is 228. The maximum Gasteiger partial charge on any atom is 0.179 e. The quantitative estimate of drug-likeness (QED) is 0.517. The Morgan fingerprint density at radius 1 is 1.46 bits per heavy atom. The van der Waals surface area contributed by atoms with Crippen LogP contribution in [-0.2, 0) is 9.47 Å². The maximum atomic E-state index is 8.67. The lowest BCUT2D eigenvalue weighted by molar-refractivity contribution is -0.189. The van der Waals surface area contributed by atoms with E-state index in [0.29, 0.717) is 6.61 Å². The van der Waals surface area contributed by atoms with E-state index in [1.807, 2.05) is 6.92 Å². The Balaban J connectivity index is 1.94. The highest BCUT2D eigenvalue weighted by atomic mass is 16.7. The summed E-state index contributed by atoms with van der Waals surface area (Å²) in [6.07, 6.45) is 3.97. The largest absolute Gasteiger partial charge is 0.347 e. The Hall–Kier alpha value is -0.790. The molecular weight excluding hydrogens is 168 g/mol. The van der Waals surface area contributed by atoms with Crippen LogP contribution in [-0.4, -0.2) is 36.5 Å². The van der Waals surface area contributed by atoms with Gasteiger partial charge in [-0.05, 0) is 6.92 Å². The molecule has 0 aliphatic carbocycles. The molecule has 0 N–H and O–H groups in total. The lowest BCUT2D eigenvalue weighted by atomic mass is 10.0. The molecule has 1 unspecified atom stereocenters. The van der Waals surface area contributed by atoms with Crippen molar-refractivity contribution in [2.24, 2.45) is 0 Å². The van der Waals surface area contributed by atoms with Gasteiger partial charge in [-0.3, -0.25) is 0 Å². The molecule has 2 rings (SSSR count). The van der Waals surface area contributed by atoms with Gasteiger partial charge in [0.05, 0.1) is 12.7 Å². The number of piperidine rings is 1. The van der Waals surface area contributed by atoms with Gasteiger partial charge in [-0.1, -0.05) is 0 Å². The van der Waals surface area contributed by atoms with Crippen molar-refractivity contribution in [1.29, 1.82) is 5.26 Å². The van der Waals surface area contributed by atoms with Crippen LogP contribution < -0.4 is 0 Å². The summed E-state index contributed by atoms with van der Waals surface area (Å²) >= 11 is 0. The molecule has 0 amide bonds. The van der Waals surface area contributed by atoms with E-state index >= 15 is 0 Å². The first kappa shape index (κ1) is 8.79. The Morgan fingerprint density at radius 2 is 2.15 bits per heavy atom. The van der Waals surface area contributed by atoms with Crippen molar-refractivity contribution < 1.29 is 9.47 Å². The second kappa shape index (κ2) is 3.17. The third kappa shape index (κ3) is 1.62. The van der Waals surface area contributed by atoms with E-state index in [9.17, 15) is 0 Å². The molecule has 72 valence electrons. The second-order valence-electron chi connectivity index (χ2n) is 3.74. The molecule has 0 aromatic heterocycles. The van der Waals surface area contributed by atoms with E-state index in [1.165, 1.54) is 0 Å². The van der Waals surface area contributed by atoms with Gasteiger partial charge in [-0.15, -0.1) is 0 Å². The molecule has 1 atom stereocenters. The van der Waals surface area contributed by atoms with Crippen LogP contribution in [0.3, 0.4) is 0 Å². The van der Waals surface area contributed by atoms with Crippen molar-refractivity contribution in [2.75, 3.05) is 19.7 Å². The topological polar surface area (TPSA) is 45.5 Å². The fourth-order valence-electron chi connectivity index (χ4n) is 1.91. The second-order valence-corrected chi connectivity index (χ2v) is 3.74. The van der Waals surface area contributed by atoms with Crippen LogP contribution in [0.25, 0.3) is 0 Å². The van der Waals surface area contributed by atoms with Crippen molar-refractivity contribution in [3.8, 4) is 6.19 Å². The first-order valence-corrected chi connectivity index (χ1v) is 4.71. The van der Waals surface area contributed by atoms with E-state index < -0.39 is 0 Å². The number of rotatable bonds is 0. The molecule has 0 aromatic carbocycles. The van der Waals surface area contributed by atoms with E-state index in [0.717, 1.165) is 25.9 Å². The minimum Gasteiger partial charge on any atom is -0.347 e. The molecule has 4 heteroatoms. The summed E-state index contributed by atoms with van der Waals surface area (Å²) in [6.45, 7) is 4.21. The maximum absolute atomic E-state index is 8.67. The summed E-state index contributed by atoms with van der Waals surface area (Å²) < 4.78 is 11.4. The van der Waals surface area contributed by atoms with Crippen molar-refractivity contribution >= 4 is 0 Å². The summed E-state index contributed by atoms with van der Waals surface area (Å²) in [6, 6.07) is 0. The fourth-order valence-corrected chi connectivity index (χ4v) is 1.91. The van der Waals surface area contributed by atoms with Gasteiger partial charge >= 0.3 is 0 Å². The summed E-state index contributed by atoms with van der Waals surface area (Å²) in [5.74, 6) is -0.368. The highest BCUT2D eigenvalue weighted by Crippen LogP contribution is 2.33. The SMILES string of the molecule is CC1COC2(CCN(C#N)CC2)O1. The molecule has 13 heavy (non-hydrogen) atoms. The van der Waals surface area contributed by atoms with E-state index in [4.69, 9.17) is 14.7 Å². The predicted octanol–water partition coefficient (Wildman–Crippen LogP) is 0.695. The smallest absolute Gasteiger partial charge is 0.179 e. The molecule has 2 saturated heterocycles. The highest BCUT2D eigenvalue weighted by molar-refractivity contribution is 4.88. The standard InChI is InChI=1S/C9H14N2O2/c1-8-6-12-9(13-8)2-4-11(7-10)5-3-9/h8H,2-6H2,1H3. The Kier molecular flexibility index (Phi) is 2.14. The number of hydrogen-bond acceptors (Lipinski definition) is 4. The van der Waals surface area contributed by atoms with Gasteiger partial charge in [0.1, 0.15) is 0 Å². The van der Waals surface area contributed by atoms with E-state index in [2.05, 4.69) is 6.19 Å². The normalized spacial score (nSPS) is 32.0. The van der Waals surface area contributed by atoms with Crippen LogP contribution in [0.1, 0.15) is 19.8 Å². The van der Waals surface area contributed by atoms with Gasteiger partial charge < -0.3 is 14.4 Å². The van der Waals surface area contributed by atoms with Gasteiger partial charge in [-0.25, -0.2) is 0 Å². The van der Waals surface area contributed by atoms with Crippen LogP contribution in [0.15, 0.2) is 0 Å². The summed E-state index contributed by atoms with van der Waals surface area (Å²) in [7, 11) is 0. The van der Waals surface area contributed by atoms with Crippen molar-refractivity contribution in [3.05, 3.63) is 0 Å². The first-order chi connectivity index (χ1) is 6.24. The highest BCUT2D eigenvalue weighted by Gasteiger charge is 2.42. The van der Waals surface area contributed by atoms with Gasteiger partial charge in [-0.2, -0.15) is 5.26 Å².